The van der Waals surface area contributed by atoms with Crippen LogP contribution in [0.3, 0.4) is 0 Å². The van der Waals surface area contributed by atoms with Crippen molar-refractivity contribution >= 4 is 11.6 Å². The molecule has 2 aromatic rings. The zero-order valence-corrected chi connectivity index (χ0v) is 13.7. The summed E-state index contributed by atoms with van der Waals surface area (Å²) in [5.41, 5.74) is -0.00559. The summed E-state index contributed by atoms with van der Waals surface area (Å²) < 4.78 is 40.5. The van der Waals surface area contributed by atoms with Crippen molar-refractivity contribution in [2.45, 2.75) is 32.0 Å². The van der Waals surface area contributed by atoms with E-state index in [-0.39, 0.29) is 11.6 Å². The maximum atomic E-state index is 12.9. The summed E-state index contributed by atoms with van der Waals surface area (Å²) in [6.45, 7) is 3.35. The molecule has 0 atom stereocenters. The number of halogens is 3. The Labute approximate surface area is 143 Å². The van der Waals surface area contributed by atoms with Crippen molar-refractivity contribution in [2.75, 3.05) is 18.4 Å². The molecule has 0 radical (unpaired) electrons. The van der Waals surface area contributed by atoms with E-state index in [9.17, 15) is 18.0 Å². The molecule has 0 unspecified atom stereocenters. The highest BCUT2D eigenvalue weighted by Gasteiger charge is 2.31. The van der Waals surface area contributed by atoms with Gasteiger partial charge in [-0.15, -0.1) is 0 Å². The number of aromatic nitrogens is 2. The van der Waals surface area contributed by atoms with Crippen molar-refractivity contribution in [3.8, 4) is 0 Å². The first kappa shape index (κ1) is 17.5. The van der Waals surface area contributed by atoms with Gasteiger partial charge in [0.2, 0.25) is 0 Å². The van der Waals surface area contributed by atoms with E-state index in [4.69, 9.17) is 0 Å². The third-order valence-corrected chi connectivity index (χ3v) is 4.21. The number of nitrogens with zero attached hydrogens (tertiary/aromatic N) is 2. The molecule has 1 aliphatic heterocycles. The number of anilines is 1. The Balaban J connectivity index is 1.74. The SMILES string of the molecule is Cc1cc(C(=O)Nc2cnn(C3CCNCC3)c2)cc(C(F)(F)F)c1. The molecule has 1 aliphatic rings. The van der Waals surface area contributed by atoms with Gasteiger partial charge in [-0.2, -0.15) is 18.3 Å². The molecule has 1 saturated heterocycles. The first-order valence-corrected chi connectivity index (χ1v) is 8.08. The van der Waals surface area contributed by atoms with E-state index in [1.54, 1.807) is 10.9 Å². The predicted octanol–water partition coefficient (Wildman–Crippen LogP) is 3.39. The highest BCUT2D eigenvalue weighted by molar-refractivity contribution is 6.04. The smallest absolute Gasteiger partial charge is 0.319 e. The summed E-state index contributed by atoms with van der Waals surface area (Å²) in [5.74, 6) is -0.584. The summed E-state index contributed by atoms with van der Waals surface area (Å²) in [6, 6.07) is 3.58. The fraction of sp³-hybridized carbons (Fsp3) is 0.412. The molecule has 1 aromatic carbocycles. The fourth-order valence-electron chi connectivity index (χ4n) is 2.95. The first-order valence-electron chi connectivity index (χ1n) is 8.08. The zero-order valence-electron chi connectivity index (χ0n) is 13.7. The zero-order chi connectivity index (χ0) is 18.0. The van der Waals surface area contributed by atoms with Gasteiger partial charge in [0.1, 0.15) is 0 Å². The summed E-state index contributed by atoms with van der Waals surface area (Å²) in [7, 11) is 0. The van der Waals surface area contributed by atoms with Crippen LogP contribution in [0.25, 0.3) is 0 Å². The van der Waals surface area contributed by atoms with Gasteiger partial charge in [-0.1, -0.05) is 0 Å². The molecule has 0 saturated carbocycles. The molecule has 134 valence electrons. The van der Waals surface area contributed by atoms with E-state index in [0.717, 1.165) is 38.1 Å². The van der Waals surface area contributed by atoms with Crippen LogP contribution in [0.5, 0.6) is 0 Å². The van der Waals surface area contributed by atoms with Gasteiger partial charge in [0, 0.05) is 11.8 Å². The minimum atomic E-state index is -4.49. The molecule has 0 aliphatic carbocycles. The third kappa shape index (κ3) is 4.19. The van der Waals surface area contributed by atoms with Crippen molar-refractivity contribution in [2.24, 2.45) is 0 Å². The Morgan fingerprint density at radius 2 is 2.00 bits per heavy atom. The molecule has 25 heavy (non-hydrogen) atoms. The number of rotatable bonds is 3. The Hall–Kier alpha value is -2.35. The van der Waals surface area contributed by atoms with Crippen molar-refractivity contribution in [1.29, 1.82) is 0 Å². The maximum Gasteiger partial charge on any atom is 0.416 e. The second-order valence-corrected chi connectivity index (χ2v) is 6.23. The van der Waals surface area contributed by atoms with Crippen molar-refractivity contribution < 1.29 is 18.0 Å². The third-order valence-electron chi connectivity index (χ3n) is 4.21. The van der Waals surface area contributed by atoms with Crippen LogP contribution in [-0.2, 0) is 6.18 Å². The number of aryl methyl sites for hydroxylation is 1. The van der Waals surface area contributed by atoms with Crippen LogP contribution in [0.2, 0.25) is 0 Å². The van der Waals surface area contributed by atoms with Gasteiger partial charge in [-0.3, -0.25) is 9.48 Å². The highest BCUT2D eigenvalue weighted by atomic mass is 19.4. The van der Waals surface area contributed by atoms with Crippen LogP contribution >= 0.6 is 0 Å². The second-order valence-electron chi connectivity index (χ2n) is 6.23. The van der Waals surface area contributed by atoms with Crippen molar-refractivity contribution in [1.82, 2.24) is 15.1 Å². The minimum Gasteiger partial charge on any atom is -0.319 e. The van der Waals surface area contributed by atoms with Crippen LogP contribution in [-0.4, -0.2) is 28.8 Å². The first-order chi connectivity index (χ1) is 11.8. The fourth-order valence-corrected chi connectivity index (χ4v) is 2.95. The summed E-state index contributed by atoms with van der Waals surface area (Å²) in [4.78, 5) is 12.3. The molecule has 1 aromatic heterocycles. The van der Waals surface area contributed by atoms with Crippen molar-refractivity contribution in [3.63, 3.8) is 0 Å². The second kappa shape index (κ2) is 6.87. The van der Waals surface area contributed by atoms with Gasteiger partial charge in [0.15, 0.2) is 0 Å². The standard InChI is InChI=1S/C17H19F3N4O/c1-11-6-12(8-13(7-11)17(18,19)20)16(25)23-14-9-22-24(10-14)15-2-4-21-5-3-15/h6-10,15,21H,2-5H2,1H3,(H,23,25). The van der Waals surface area contributed by atoms with Gasteiger partial charge in [0.05, 0.1) is 23.5 Å². The number of carbonyl (C=O) groups is 1. The van der Waals surface area contributed by atoms with Crippen LogP contribution in [0, 0.1) is 6.92 Å². The summed E-state index contributed by atoms with van der Waals surface area (Å²) >= 11 is 0. The van der Waals surface area contributed by atoms with Crippen LogP contribution in [0.4, 0.5) is 18.9 Å². The van der Waals surface area contributed by atoms with Crippen molar-refractivity contribution in [3.05, 3.63) is 47.3 Å². The van der Waals surface area contributed by atoms with Gasteiger partial charge < -0.3 is 10.6 Å². The van der Waals surface area contributed by atoms with Crippen LogP contribution in [0.1, 0.15) is 40.4 Å². The predicted molar refractivity (Wildman–Crippen MR) is 87.5 cm³/mol. The Morgan fingerprint density at radius 1 is 1.28 bits per heavy atom. The van der Waals surface area contributed by atoms with E-state index in [1.165, 1.54) is 19.2 Å². The monoisotopic (exact) mass is 352 g/mol. The molecule has 2 N–H and O–H groups in total. The molecule has 1 fully saturated rings. The lowest BCUT2D eigenvalue weighted by Gasteiger charge is -2.22. The minimum absolute atomic E-state index is 0.0260. The van der Waals surface area contributed by atoms with Gasteiger partial charge >= 0.3 is 6.18 Å². The van der Waals surface area contributed by atoms with Gasteiger partial charge in [0.25, 0.3) is 5.91 Å². The maximum absolute atomic E-state index is 12.9. The molecule has 5 nitrogen and oxygen atoms in total. The van der Waals surface area contributed by atoms with E-state index in [2.05, 4.69) is 15.7 Å². The molecule has 2 heterocycles. The normalized spacial score (nSPS) is 16.0. The summed E-state index contributed by atoms with van der Waals surface area (Å²) in [6.07, 6.45) is 0.638. The molecule has 3 rings (SSSR count). The van der Waals surface area contributed by atoms with Gasteiger partial charge in [-0.25, -0.2) is 0 Å². The molecule has 0 bridgehead atoms. The van der Waals surface area contributed by atoms with E-state index in [1.807, 2.05) is 0 Å². The molecular formula is C17H19F3N4O. The number of amides is 1. The van der Waals surface area contributed by atoms with Crippen LogP contribution in [0.15, 0.2) is 30.6 Å². The number of hydrogen-bond donors (Lipinski definition) is 2. The number of benzene rings is 1. The van der Waals surface area contributed by atoms with Crippen LogP contribution < -0.4 is 10.6 Å². The van der Waals surface area contributed by atoms with E-state index < -0.39 is 17.6 Å². The average Bonchev–Trinajstić information content (AvgIpc) is 3.03. The molecule has 0 spiro atoms. The lowest BCUT2D eigenvalue weighted by molar-refractivity contribution is -0.137. The average molecular weight is 352 g/mol. The molecule has 1 amide bonds. The number of alkyl halides is 3. The lowest BCUT2D eigenvalue weighted by atomic mass is 10.1. The largest absolute Gasteiger partial charge is 0.416 e. The van der Waals surface area contributed by atoms with Gasteiger partial charge in [-0.05, 0) is 56.6 Å². The number of carbonyl (C=O) groups excluding carboxylic acids is 1. The lowest BCUT2D eigenvalue weighted by Crippen LogP contribution is -2.29. The van der Waals surface area contributed by atoms with E-state index >= 15 is 0 Å². The summed E-state index contributed by atoms with van der Waals surface area (Å²) in [5, 5.41) is 10.1. The quantitative estimate of drug-likeness (QED) is 0.890. The number of hydrogen-bond acceptors (Lipinski definition) is 3. The molecular weight excluding hydrogens is 333 g/mol. The Kier molecular flexibility index (Phi) is 4.80. The topological polar surface area (TPSA) is 59.0 Å². The van der Waals surface area contributed by atoms with E-state index in [0.29, 0.717) is 11.3 Å². The molecule has 8 heteroatoms. The highest BCUT2D eigenvalue weighted by Crippen LogP contribution is 2.30. The Morgan fingerprint density at radius 3 is 2.68 bits per heavy atom. The Bertz CT molecular complexity index is 763. The number of nitrogens with one attached hydrogen (secondary N) is 2. The number of piperidine rings is 1.